The smallest absolute Gasteiger partial charge is 0.341 e. The van der Waals surface area contributed by atoms with Gasteiger partial charge in [-0.2, -0.15) is 0 Å². The second-order valence-electron chi connectivity index (χ2n) is 5.97. The van der Waals surface area contributed by atoms with Crippen molar-refractivity contribution in [1.29, 1.82) is 0 Å². The van der Waals surface area contributed by atoms with E-state index in [9.17, 15) is 19.1 Å². The number of hydrogen-bond donors (Lipinski definition) is 2. The van der Waals surface area contributed by atoms with Crippen molar-refractivity contribution < 1.29 is 14.3 Å². The number of hydrogen-bond acceptors (Lipinski definition) is 4. The van der Waals surface area contributed by atoms with Crippen LogP contribution in [0.3, 0.4) is 0 Å². The molecule has 0 aliphatic heterocycles. The second-order valence-corrected chi connectivity index (χ2v) is 7.16. The minimum Gasteiger partial charge on any atom is -0.477 e. The van der Waals surface area contributed by atoms with Crippen LogP contribution in [0.15, 0.2) is 11.0 Å². The number of fused-ring (bicyclic) bond motifs is 1. The molecule has 1 heterocycles. The minimum atomic E-state index is -1.28. The molecular formula is C18H25FN2O3S. The van der Waals surface area contributed by atoms with Crippen molar-refractivity contribution in [3.63, 3.8) is 0 Å². The molecule has 5 nitrogen and oxygen atoms in total. The highest BCUT2D eigenvalue weighted by Gasteiger charge is 2.19. The zero-order chi connectivity index (χ0) is 18.4. The van der Waals surface area contributed by atoms with Crippen molar-refractivity contribution in [2.24, 2.45) is 0 Å². The highest BCUT2D eigenvalue weighted by Crippen LogP contribution is 2.23. The largest absolute Gasteiger partial charge is 0.477 e. The molecule has 0 radical (unpaired) electrons. The standard InChI is InChI=1S/C18H25FN2O3S/c1-3-7-20-8-9-25-15-6-5-12(19)10-13-16(15)21(4-2)11-14(17(13)22)18(23)24/h10-12,20H,3-9H2,1-2H3,(H,23,24). The summed E-state index contributed by atoms with van der Waals surface area (Å²) >= 11 is 1.62. The third-order valence-corrected chi connectivity index (χ3v) is 5.28. The number of thioether (sulfide) groups is 1. The Morgan fingerprint density at radius 1 is 1.44 bits per heavy atom. The molecule has 1 aromatic heterocycles. The maximum atomic E-state index is 14.1. The first-order valence-corrected chi connectivity index (χ1v) is 9.67. The van der Waals surface area contributed by atoms with E-state index in [-0.39, 0.29) is 10.8 Å². The molecule has 1 atom stereocenters. The predicted molar refractivity (Wildman–Crippen MR) is 100 cm³/mol. The molecule has 7 heteroatoms. The van der Waals surface area contributed by atoms with E-state index in [4.69, 9.17) is 0 Å². The molecule has 1 aromatic rings. The Labute approximate surface area is 150 Å². The molecule has 1 aliphatic carbocycles. The van der Waals surface area contributed by atoms with E-state index >= 15 is 0 Å². The maximum absolute atomic E-state index is 14.1. The fourth-order valence-electron chi connectivity index (χ4n) is 2.89. The molecule has 2 rings (SSSR count). The summed E-state index contributed by atoms with van der Waals surface area (Å²) in [7, 11) is 0. The molecule has 1 unspecified atom stereocenters. The first-order chi connectivity index (χ1) is 12.0. The molecule has 1 aliphatic rings. The summed E-state index contributed by atoms with van der Waals surface area (Å²) in [5.74, 6) is -0.453. The SMILES string of the molecule is CCCNCCSC1=c2c(c(=O)c(C(=O)O)cn2CC)=CC(F)CC1. The zero-order valence-corrected chi connectivity index (χ0v) is 15.5. The average molecular weight is 368 g/mol. The van der Waals surface area contributed by atoms with Crippen LogP contribution in [0.25, 0.3) is 11.0 Å². The molecular weight excluding hydrogens is 343 g/mol. The van der Waals surface area contributed by atoms with Gasteiger partial charge in [0, 0.05) is 35.2 Å². The summed E-state index contributed by atoms with van der Waals surface area (Å²) in [4.78, 5) is 24.9. The summed E-state index contributed by atoms with van der Waals surface area (Å²) in [5.41, 5.74) is -0.904. The van der Waals surface area contributed by atoms with E-state index in [1.54, 1.807) is 16.3 Å². The summed E-state index contributed by atoms with van der Waals surface area (Å²) in [6, 6.07) is 0. The van der Waals surface area contributed by atoms with Crippen LogP contribution in [0.2, 0.25) is 0 Å². The molecule has 0 amide bonds. The quantitative estimate of drug-likeness (QED) is 0.677. The number of carboxylic acids is 1. The minimum absolute atomic E-state index is 0.191. The van der Waals surface area contributed by atoms with E-state index in [0.29, 0.717) is 24.7 Å². The van der Waals surface area contributed by atoms with E-state index in [1.807, 2.05) is 6.92 Å². The molecule has 0 aromatic carbocycles. The number of aromatic nitrogens is 1. The van der Waals surface area contributed by atoms with Crippen molar-refractivity contribution >= 4 is 28.7 Å². The fourth-order valence-corrected chi connectivity index (χ4v) is 4.01. The van der Waals surface area contributed by atoms with Gasteiger partial charge in [-0.05, 0) is 38.8 Å². The Morgan fingerprint density at radius 3 is 2.84 bits per heavy atom. The van der Waals surface area contributed by atoms with Crippen LogP contribution in [0, 0.1) is 0 Å². The van der Waals surface area contributed by atoms with Crippen LogP contribution in [0.5, 0.6) is 0 Å². The van der Waals surface area contributed by atoms with E-state index < -0.39 is 17.6 Å². The van der Waals surface area contributed by atoms with Crippen LogP contribution in [-0.4, -0.2) is 40.7 Å². The summed E-state index contributed by atoms with van der Waals surface area (Å²) in [5, 5.41) is 13.5. The molecule has 0 fully saturated rings. The van der Waals surface area contributed by atoms with Crippen molar-refractivity contribution in [3.05, 3.63) is 32.6 Å². The highest BCUT2D eigenvalue weighted by atomic mass is 32.2. The van der Waals surface area contributed by atoms with E-state index in [2.05, 4.69) is 12.2 Å². The summed E-state index contributed by atoms with van der Waals surface area (Å²) in [6.07, 6.45) is 3.36. The Hall–Kier alpha value is -1.60. The van der Waals surface area contributed by atoms with Gasteiger partial charge in [-0.1, -0.05) is 6.92 Å². The summed E-state index contributed by atoms with van der Waals surface area (Å²) < 4.78 is 15.9. The number of aromatic carboxylic acids is 1. The van der Waals surface area contributed by atoms with E-state index in [1.165, 1.54) is 12.3 Å². The number of nitrogens with one attached hydrogen (secondary N) is 1. The third kappa shape index (κ3) is 4.73. The monoisotopic (exact) mass is 368 g/mol. The predicted octanol–water partition coefficient (Wildman–Crippen LogP) is 1.32. The molecule has 0 saturated heterocycles. The van der Waals surface area contributed by atoms with Crippen molar-refractivity contribution in [3.8, 4) is 0 Å². The van der Waals surface area contributed by atoms with Crippen LogP contribution in [-0.2, 0) is 6.54 Å². The second kappa shape index (κ2) is 9.20. The van der Waals surface area contributed by atoms with Gasteiger partial charge in [0.1, 0.15) is 11.7 Å². The summed E-state index contributed by atoms with van der Waals surface area (Å²) in [6.45, 7) is 6.30. The van der Waals surface area contributed by atoms with Crippen molar-refractivity contribution in [1.82, 2.24) is 9.88 Å². The number of halogens is 1. The van der Waals surface area contributed by atoms with Gasteiger partial charge < -0.3 is 15.0 Å². The lowest BCUT2D eigenvalue weighted by molar-refractivity contribution is 0.0694. The highest BCUT2D eigenvalue weighted by molar-refractivity contribution is 8.07. The third-order valence-electron chi connectivity index (χ3n) is 4.13. The number of alkyl halides is 1. The van der Waals surface area contributed by atoms with Gasteiger partial charge in [0.2, 0.25) is 5.43 Å². The lowest BCUT2D eigenvalue weighted by atomic mass is 10.2. The lowest BCUT2D eigenvalue weighted by Crippen LogP contribution is -2.48. The van der Waals surface area contributed by atoms with Gasteiger partial charge in [-0.25, -0.2) is 9.18 Å². The van der Waals surface area contributed by atoms with Gasteiger partial charge >= 0.3 is 5.97 Å². The van der Waals surface area contributed by atoms with Crippen LogP contribution >= 0.6 is 11.8 Å². The van der Waals surface area contributed by atoms with Crippen LogP contribution in [0.4, 0.5) is 4.39 Å². The fraction of sp³-hybridized carbons (Fsp3) is 0.556. The zero-order valence-electron chi connectivity index (χ0n) is 14.7. The number of carbonyl (C=O) groups is 1. The first-order valence-electron chi connectivity index (χ1n) is 8.68. The van der Waals surface area contributed by atoms with Crippen molar-refractivity contribution in [2.45, 2.75) is 45.8 Å². The van der Waals surface area contributed by atoms with Crippen molar-refractivity contribution in [2.75, 3.05) is 18.8 Å². The maximum Gasteiger partial charge on any atom is 0.341 e. The molecule has 25 heavy (non-hydrogen) atoms. The number of pyridine rings is 1. The van der Waals surface area contributed by atoms with Crippen LogP contribution < -0.4 is 21.3 Å². The molecule has 2 N–H and O–H groups in total. The topological polar surface area (TPSA) is 71.3 Å². The Morgan fingerprint density at radius 2 is 2.20 bits per heavy atom. The first kappa shape index (κ1) is 19.7. The Kier molecular flexibility index (Phi) is 7.25. The number of carboxylic acid groups (broad SMARTS) is 1. The molecule has 138 valence electrons. The average Bonchev–Trinajstić information content (AvgIpc) is 2.75. The van der Waals surface area contributed by atoms with Crippen LogP contribution in [0.1, 0.15) is 43.5 Å². The van der Waals surface area contributed by atoms with E-state index in [0.717, 1.165) is 30.2 Å². The number of rotatable bonds is 8. The molecule has 0 spiro atoms. The normalized spacial score (nSPS) is 16.9. The molecule has 0 bridgehead atoms. The lowest BCUT2D eigenvalue weighted by Gasteiger charge is -2.12. The van der Waals surface area contributed by atoms with Gasteiger partial charge in [0.25, 0.3) is 0 Å². The van der Waals surface area contributed by atoms with Gasteiger partial charge in [-0.3, -0.25) is 4.79 Å². The van der Waals surface area contributed by atoms with Gasteiger partial charge in [0.05, 0.1) is 5.35 Å². The number of nitrogens with zero attached hydrogens (tertiary/aromatic N) is 1. The number of aryl methyl sites for hydroxylation is 1. The van der Waals surface area contributed by atoms with Gasteiger partial charge in [-0.15, -0.1) is 11.8 Å². The molecule has 0 saturated carbocycles. The Balaban J connectivity index is 2.56. The Bertz CT molecular complexity index is 804. The van der Waals surface area contributed by atoms with Gasteiger partial charge in [0.15, 0.2) is 0 Å².